The minimum absolute atomic E-state index is 0.0123. The molecule has 2 aromatic rings. The first-order chi connectivity index (χ1) is 13.1. The molecule has 0 saturated heterocycles. The van der Waals surface area contributed by atoms with E-state index in [0.29, 0.717) is 5.92 Å². The Hall–Kier alpha value is -1.94. The summed E-state index contributed by atoms with van der Waals surface area (Å²) < 4.78 is 0. The van der Waals surface area contributed by atoms with Crippen LogP contribution in [0.1, 0.15) is 62.5 Å². The smallest absolute Gasteiger partial charge is 0.268 e. The number of carbonyl (C=O) groups excluding carboxylic acids is 1. The molecule has 4 heteroatoms. The first-order valence-corrected chi connectivity index (χ1v) is 11.0. The lowest BCUT2D eigenvalue weighted by molar-refractivity contribution is -0.121. The number of amides is 1. The van der Waals surface area contributed by atoms with Gasteiger partial charge in [-0.05, 0) is 42.9 Å². The summed E-state index contributed by atoms with van der Waals surface area (Å²) in [6, 6.07) is 14.9. The predicted octanol–water partition coefficient (Wildman–Crippen LogP) is 5.61. The van der Waals surface area contributed by atoms with E-state index in [1.54, 1.807) is 11.8 Å². The zero-order valence-corrected chi connectivity index (χ0v) is 16.4. The molecule has 1 aliphatic carbocycles. The number of carbonyl (C=O) groups is 1. The van der Waals surface area contributed by atoms with Crippen molar-refractivity contribution in [2.45, 2.75) is 66.7 Å². The van der Waals surface area contributed by atoms with Crippen LogP contribution in [0.5, 0.6) is 0 Å². The standard InChI is InChI=1S/C23H24N2OS/c1-15-14-22(12-5-2-6-13-22)25-20-16(15)8-7-9-17(20)23(21(25)26)24-18-10-3-4-11-19(18)27-23/h3-4,7-11,15,24H,2,5-6,12-14H2,1H3/t15-,23+/m0/s1. The first-order valence-electron chi connectivity index (χ1n) is 10.2. The molecular weight excluding hydrogens is 352 g/mol. The number of nitrogens with zero attached hydrogens (tertiary/aromatic N) is 1. The molecule has 3 aliphatic heterocycles. The molecule has 2 atom stereocenters. The van der Waals surface area contributed by atoms with Gasteiger partial charge in [-0.25, -0.2) is 0 Å². The van der Waals surface area contributed by atoms with E-state index >= 15 is 0 Å². The Morgan fingerprint density at radius 3 is 2.70 bits per heavy atom. The summed E-state index contributed by atoms with van der Waals surface area (Å²) in [6.07, 6.45) is 7.16. The highest BCUT2D eigenvalue weighted by Gasteiger charge is 2.62. The van der Waals surface area contributed by atoms with Gasteiger partial charge in [-0.3, -0.25) is 4.79 Å². The topological polar surface area (TPSA) is 32.3 Å². The fourth-order valence-electron chi connectivity index (χ4n) is 5.99. The molecule has 0 bridgehead atoms. The minimum Gasteiger partial charge on any atom is -0.358 e. The van der Waals surface area contributed by atoms with Crippen molar-refractivity contribution in [1.82, 2.24) is 0 Å². The fraction of sp³-hybridized carbons (Fsp3) is 0.435. The van der Waals surface area contributed by atoms with Crippen molar-refractivity contribution in [1.29, 1.82) is 0 Å². The third kappa shape index (κ3) is 1.92. The lowest BCUT2D eigenvalue weighted by Gasteiger charge is -2.50. The summed E-state index contributed by atoms with van der Waals surface area (Å²) >= 11 is 1.70. The Morgan fingerprint density at radius 2 is 1.89 bits per heavy atom. The third-order valence-corrected chi connectivity index (χ3v) is 8.49. The van der Waals surface area contributed by atoms with Crippen LogP contribution in [0.15, 0.2) is 47.4 Å². The largest absolute Gasteiger partial charge is 0.358 e. The number of hydrogen-bond donors (Lipinski definition) is 1. The number of thioether (sulfide) groups is 1. The van der Waals surface area contributed by atoms with Crippen molar-refractivity contribution in [3.63, 3.8) is 0 Å². The van der Waals surface area contributed by atoms with Gasteiger partial charge >= 0.3 is 0 Å². The molecule has 138 valence electrons. The van der Waals surface area contributed by atoms with Crippen molar-refractivity contribution < 1.29 is 4.79 Å². The number of nitrogens with one attached hydrogen (secondary N) is 1. The molecule has 1 amide bonds. The lowest BCUT2D eigenvalue weighted by atomic mass is 9.70. The Bertz CT molecular complexity index is 938. The van der Waals surface area contributed by atoms with Crippen LogP contribution in [0.2, 0.25) is 0 Å². The monoisotopic (exact) mass is 376 g/mol. The van der Waals surface area contributed by atoms with Gasteiger partial charge < -0.3 is 10.2 Å². The molecule has 0 aromatic heterocycles. The van der Waals surface area contributed by atoms with Crippen molar-refractivity contribution in [3.05, 3.63) is 53.6 Å². The number of fused-ring (bicyclic) bond motifs is 3. The van der Waals surface area contributed by atoms with Crippen LogP contribution in [-0.2, 0) is 9.67 Å². The number of rotatable bonds is 0. The van der Waals surface area contributed by atoms with Gasteiger partial charge in [0.05, 0.1) is 5.69 Å². The highest BCUT2D eigenvalue weighted by Crippen LogP contribution is 2.63. The zero-order valence-electron chi connectivity index (χ0n) is 15.6. The normalized spacial score (nSPS) is 29.7. The number of anilines is 2. The quantitative estimate of drug-likeness (QED) is 0.648. The average Bonchev–Trinajstić information content (AvgIpc) is 3.19. The second-order valence-corrected chi connectivity index (χ2v) is 9.93. The van der Waals surface area contributed by atoms with E-state index in [4.69, 9.17) is 0 Å². The molecule has 4 aliphatic rings. The predicted molar refractivity (Wildman–Crippen MR) is 110 cm³/mol. The van der Waals surface area contributed by atoms with E-state index in [9.17, 15) is 4.79 Å². The molecule has 0 unspecified atom stereocenters. The van der Waals surface area contributed by atoms with Gasteiger partial charge in [0.1, 0.15) is 0 Å². The van der Waals surface area contributed by atoms with E-state index in [-0.39, 0.29) is 11.4 Å². The van der Waals surface area contributed by atoms with Crippen LogP contribution >= 0.6 is 11.8 Å². The Morgan fingerprint density at radius 1 is 1.07 bits per heavy atom. The maximum absolute atomic E-state index is 14.1. The Kier molecular flexibility index (Phi) is 3.16. The minimum atomic E-state index is -0.691. The van der Waals surface area contributed by atoms with Crippen LogP contribution < -0.4 is 10.2 Å². The second kappa shape index (κ2) is 5.32. The molecule has 1 N–H and O–H groups in total. The van der Waals surface area contributed by atoms with Crippen molar-refractivity contribution >= 4 is 29.0 Å². The molecule has 0 radical (unpaired) electrons. The average molecular weight is 377 g/mol. The summed E-state index contributed by atoms with van der Waals surface area (Å²) in [7, 11) is 0. The van der Waals surface area contributed by atoms with Crippen LogP contribution in [-0.4, -0.2) is 11.4 Å². The molecule has 6 rings (SSSR count). The molecule has 2 spiro atoms. The highest BCUT2D eigenvalue weighted by molar-refractivity contribution is 8.01. The van der Waals surface area contributed by atoms with E-state index < -0.39 is 4.87 Å². The van der Waals surface area contributed by atoms with Crippen LogP contribution in [0.4, 0.5) is 11.4 Å². The number of para-hydroxylation sites is 2. The van der Waals surface area contributed by atoms with E-state index in [1.807, 2.05) is 6.07 Å². The van der Waals surface area contributed by atoms with Gasteiger partial charge in [0, 0.05) is 21.7 Å². The van der Waals surface area contributed by atoms with Gasteiger partial charge in [0.15, 0.2) is 4.87 Å². The van der Waals surface area contributed by atoms with Crippen molar-refractivity contribution in [2.24, 2.45) is 0 Å². The summed E-state index contributed by atoms with van der Waals surface area (Å²) in [5, 5.41) is 3.64. The van der Waals surface area contributed by atoms with Crippen LogP contribution in [0, 0.1) is 0 Å². The maximum atomic E-state index is 14.1. The van der Waals surface area contributed by atoms with Crippen molar-refractivity contribution in [2.75, 3.05) is 10.2 Å². The third-order valence-electron chi connectivity index (χ3n) is 7.11. The fourth-order valence-corrected chi connectivity index (χ4v) is 7.31. The van der Waals surface area contributed by atoms with Gasteiger partial charge in [0.25, 0.3) is 5.91 Å². The van der Waals surface area contributed by atoms with Crippen LogP contribution in [0.25, 0.3) is 0 Å². The van der Waals surface area contributed by atoms with E-state index in [0.717, 1.165) is 24.9 Å². The van der Waals surface area contributed by atoms with Gasteiger partial charge in [-0.1, -0.05) is 68.3 Å². The number of hydrogen-bond acceptors (Lipinski definition) is 3. The first kappa shape index (κ1) is 16.1. The molecular formula is C23H24N2OS. The molecule has 1 saturated carbocycles. The SMILES string of the molecule is C[C@H]1CC2(CCCCC2)N2C(=O)[C@@]3(Nc4ccccc4S3)c3cccc1c32. The molecule has 27 heavy (non-hydrogen) atoms. The lowest BCUT2D eigenvalue weighted by Crippen LogP contribution is -2.57. The van der Waals surface area contributed by atoms with Crippen molar-refractivity contribution in [3.8, 4) is 0 Å². The molecule has 3 nitrogen and oxygen atoms in total. The van der Waals surface area contributed by atoms with Gasteiger partial charge in [-0.15, -0.1) is 0 Å². The highest BCUT2D eigenvalue weighted by atomic mass is 32.2. The number of benzene rings is 2. The Labute approximate surface area is 164 Å². The molecule has 1 fully saturated rings. The zero-order chi connectivity index (χ0) is 18.2. The summed E-state index contributed by atoms with van der Waals surface area (Å²) in [5.74, 6) is 0.756. The van der Waals surface area contributed by atoms with E-state index in [2.05, 4.69) is 53.5 Å². The van der Waals surface area contributed by atoms with Crippen LogP contribution in [0.3, 0.4) is 0 Å². The summed E-state index contributed by atoms with van der Waals surface area (Å²) in [5.41, 5.74) is 4.84. The maximum Gasteiger partial charge on any atom is 0.268 e. The van der Waals surface area contributed by atoms with E-state index in [1.165, 1.54) is 41.0 Å². The Balaban J connectivity index is 1.58. The molecule has 2 aromatic carbocycles. The second-order valence-electron chi connectivity index (χ2n) is 8.68. The molecule has 3 heterocycles. The van der Waals surface area contributed by atoms with Gasteiger partial charge in [-0.2, -0.15) is 0 Å². The summed E-state index contributed by atoms with van der Waals surface area (Å²) in [6.45, 7) is 2.35. The summed E-state index contributed by atoms with van der Waals surface area (Å²) in [4.78, 5) is 16.8. The van der Waals surface area contributed by atoms with Gasteiger partial charge in [0.2, 0.25) is 0 Å².